The fraction of sp³-hybridized carbons (Fsp3) is 0.800. The Bertz CT molecular complexity index is 95.0. The minimum Gasteiger partial charge on any atom is -0.387 e. The highest BCUT2D eigenvalue weighted by molar-refractivity contribution is 5.77. The molecule has 1 amide bonds. The third kappa shape index (κ3) is 3.93. The molecule has 0 aliphatic heterocycles. The molecule has 0 saturated carbocycles. The molecule has 0 aliphatic rings. The molecule has 54 valence electrons. The van der Waals surface area contributed by atoms with E-state index in [1.165, 1.54) is 0 Å². The molecule has 0 spiro atoms. The second kappa shape index (κ2) is 4.29. The van der Waals surface area contributed by atoms with Crippen molar-refractivity contribution in [2.75, 3.05) is 13.2 Å². The van der Waals surface area contributed by atoms with E-state index < -0.39 is 6.61 Å². The average molecular weight is 132 g/mol. The molecule has 0 bridgehead atoms. The van der Waals surface area contributed by atoms with Gasteiger partial charge in [-0.3, -0.25) is 4.79 Å². The number of aliphatic hydroxyl groups excluding tert-OH is 1. The molecule has 0 aromatic rings. The zero-order valence-electron chi connectivity index (χ0n) is 5.42. The maximum absolute atomic E-state index is 10.4. The Morgan fingerprint density at radius 3 is 2.78 bits per heavy atom. The van der Waals surface area contributed by atoms with Crippen molar-refractivity contribution in [1.29, 1.82) is 0 Å². The SMILES string of the molecule is CC(CN)NC(=O)CO. The number of hydrogen-bond donors (Lipinski definition) is 3. The summed E-state index contributed by atoms with van der Waals surface area (Å²) in [6, 6.07) is -0.0513. The summed E-state index contributed by atoms with van der Waals surface area (Å²) in [5, 5.41) is 10.7. The van der Waals surface area contributed by atoms with E-state index in [1.807, 2.05) is 0 Å². The van der Waals surface area contributed by atoms with Gasteiger partial charge in [0.25, 0.3) is 0 Å². The zero-order chi connectivity index (χ0) is 7.28. The van der Waals surface area contributed by atoms with Gasteiger partial charge >= 0.3 is 0 Å². The van der Waals surface area contributed by atoms with Crippen molar-refractivity contribution in [3.8, 4) is 0 Å². The smallest absolute Gasteiger partial charge is 0.245 e. The largest absolute Gasteiger partial charge is 0.387 e. The van der Waals surface area contributed by atoms with Crippen LogP contribution < -0.4 is 11.1 Å². The van der Waals surface area contributed by atoms with Crippen LogP contribution in [0.5, 0.6) is 0 Å². The van der Waals surface area contributed by atoms with Crippen LogP contribution >= 0.6 is 0 Å². The molecule has 0 saturated heterocycles. The van der Waals surface area contributed by atoms with Crippen molar-refractivity contribution in [2.45, 2.75) is 13.0 Å². The first kappa shape index (κ1) is 8.39. The molecule has 0 aromatic carbocycles. The first-order valence-corrected chi connectivity index (χ1v) is 2.81. The van der Waals surface area contributed by atoms with Crippen LogP contribution in [-0.2, 0) is 4.79 Å². The van der Waals surface area contributed by atoms with Crippen molar-refractivity contribution in [3.63, 3.8) is 0 Å². The Labute approximate surface area is 54.0 Å². The predicted molar refractivity (Wildman–Crippen MR) is 33.7 cm³/mol. The summed E-state index contributed by atoms with van der Waals surface area (Å²) in [7, 11) is 0. The fourth-order valence-electron chi connectivity index (χ4n) is 0.379. The highest BCUT2D eigenvalue weighted by atomic mass is 16.3. The van der Waals surface area contributed by atoms with Crippen LogP contribution in [0.4, 0.5) is 0 Å². The first-order chi connectivity index (χ1) is 4.20. The number of amides is 1. The standard InChI is InChI=1S/C5H12N2O2/c1-4(2-6)7-5(9)3-8/h4,8H,2-3,6H2,1H3,(H,7,9). The van der Waals surface area contributed by atoms with Crippen LogP contribution in [0.2, 0.25) is 0 Å². The summed E-state index contributed by atoms with van der Waals surface area (Å²) >= 11 is 0. The minimum absolute atomic E-state index is 0.0513. The Morgan fingerprint density at radius 1 is 1.89 bits per heavy atom. The topological polar surface area (TPSA) is 75.3 Å². The summed E-state index contributed by atoms with van der Waals surface area (Å²) < 4.78 is 0. The lowest BCUT2D eigenvalue weighted by Crippen LogP contribution is -2.39. The Kier molecular flexibility index (Phi) is 4.00. The molecular formula is C5H12N2O2. The summed E-state index contributed by atoms with van der Waals surface area (Å²) in [5.74, 6) is -0.382. The van der Waals surface area contributed by atoms with Gasteiger partial charge in [-0.25, -0.2) is 0 Å². The van der Waals surface area contributed by atoms with E-state index in [0.717, 1.165) is 0 Å². The van der Waals surface area contributed by atoms with Gasteiger partial charge in [-0.05, 0) is 6.92 Å². The lowest BCUT2D eigenvalue weighted by Gasteiger charge is -2.08. The van der Waals surface area contributed by atoms with Crippen LogP contribution in [0, 0.1) is 0 Å². The average Bonchev–Trinajstić information content (AvgIpc) is 1.87. The third-order valence-corrected chi connectivity index (χ3v) is 0.905. The van der Waals surface area contributed by atoms with Crippen LogP contribution in [-0.4, -0.2) is 30.2 Å². The normalized spacial score (nSPS) is 12.8. The Balaban J connectivity index is 3.34. The van der Waals surface area contributed by atoms with Gasteiger partial charge in [-0.15, -0.1) is 0 Å². The molecule has 0 heterocycles. The fourth-order valence-corrected chi connectivity index (χ4v) is 0.379. The van der Waals surface area contributed by atoms with E-state index in [4.69, 9.17) is 10.8 Å². The number of rotatable bonds is 3. The number of hydrogen-bond acceptors (Lipinski definition) is 3. The Morgan fingerprint density at radius 2 is 2.44 bits per heavy atom. The van der Waals surface area contributed by atoms with Gasteiger partial charge in [0.05, 0.1) is 0 Å². The van der Waals surface area contributed by atoms with Gasteiger partial charge in [0.1, 0.15) is 6.61 Å². The highest BCUT2D eigenvalue weighted by Crippen LogP contribution is 1.74. The predicted octanol–water partition coefficient (Wildman–Crippen LogP) is -1.56. The maximum atomic E-state index is 10.4. The molecule has 1 unspecified atom stereocenters. The molecule has 1 atom stereocenters. The molecule has 4 heteroatoms. The molecular weight excluding hydrogens is 120 g/mol. The van der Waals surface area contributed by atoms with E-state index in [1.54, 1.807) is 6.92 Å². The van der Waals surface area contributed by atoms with Gasteiger partial charge in [-0.1, -0.05) is 0 Å². The van der Waals surface area contributed by atoms with E-state index in [-0.39, 0.29) is 11.9 Å². The molecule has 0 rings (SSSR count). The van der Waals surface area contributed by atoms with Crippen molar-refractivity contribution in [2.24, 2.45) is 5.73 Å². The summed E-state index contributed by atoms with van der Waals surface area (Å²) in [5.41, 5.74) is 5.18. The van der Waals surface area contributed by atoms with Gasteiger partial charge in [0.2, 0.25) is 5.91 Å². The summed E-state index contributed by atoms with van der Waals surface area (Å²) in [6.07, 6.45) is 0. The highest BCUT2D eigenvalue weighted by Gasteiger charge is 2.01. The monoisotopic (exact) mass is 132 g/mol. The van der Waals surface area contributed by atoms with Crippen molar-refractivity contribution < 1.29 is 9.90 Å². The number of aliphatic hydroxyl groups is 1. The number of nitrogens with two attached hydrogens (primary N) is 1. The minimum atomic E-state index is -0.468. The Hall–Kier alpha value is -0.610. The molecule has 0 aromatic heterocycles. The van der Waals surface area contributed by atoms with Gasteiger partial charge in [0.15, 0.2) is 0 Å². The van der Waals surface area contributed by atoms with Crippen LogP contribution in [0.15, 0.2) is 0 Å². The number of carbonyl (C=O) groups is 1. The van der Waals surface area contributed by atoms with Crippen LogP contribution in [0.1, 0.15) is 6.92 Å². The van der Waals surface area contributed by atoms with Crippen LogP contribution in [0.3, 0.4) is 0 Å². The van der Waals surface area contributed by atoms with Gasteiger partial charge in [-0.2, -0.15) is 0 Å². The number of carbonyl (C=O) groups excluding carboxylic acids is 1. The van der Waals surface area contributed by atoms with Crippen molar-refractivity contribution >= 4 is 5.91 Å². The molecule has 0 aliphatic carbocycles. The quantitative estimate of drug-likeness (QED) is 0.435. The summed E-state index contributed by atoms with van der Waals surface area (Å²) in [4.78, 5) is 10.4. The molecule has 4 nitrogen and oxygen atoms in total. The lowest BCUT2D eigenvalue weighted by molar-refractivity contribution is -0.124. The van der Waals surface area contributed by atoms with E-state index >= 15 is 0 Å². The molecule has 4 N–H and O–H groups in total. The first-order valence-electron chi connectivity index (χ1n) is 2.81. The van der Waals surface area contributed by atoms with E-state index in [9.17, 15) is 4.79 Å². The molecule has 0 radical (unpaired) electrons. The third-order valence-electron chi connectivity index (χ3n) is 0.905. The number of nitrogens with one attached hydrogen (secondary N) is 1. The lowest BCUT2D eigenvalue weighted by atomic mass is 10.3. The van der Waals surface area contributed by atoms with Crippen LogP contribution in [0.25, 0.3) is 0 Å². The zero-order valence-corrected chi connectivity index (χ0v) is 5.42. The van der Waals surface area contributed by atoms with Gasteiger partial charge in [0, 0.05) is 12.6 Å². The molecule has 9 heavy (non-hydrogen) atoms. The summed E-state index contributed by atoms with van der Waals surface area (Å²) in [6.45, 7) is 1.70. The van der Waals surface area contributed by atoms with E-state index in [0.29, 0.717) is 6.54 Å². The van der Waals surface area contributed by atoms with Crippen molar-refractivity contribution in [1.82, 2.24) is 5.32 Å². The van der Waals surface area contributed by atoms with Crippen molar-refractivity contribution in [3.05, 3.63) is 0 Å². The second-order valence-electron chi connectivity index (χ2n) is 1.86. The van der Waals surface area contributed by atoms with Gasteiger partial charge < -0.3 is 16.2 Å². The second-order valence-corrected chi connectivity index (χ2v) is 1.86. The van der Waals surface area contributed by atoms with E-state index in [2.05, 4.69) is 5.32 Å². The molecule has 0 fully saturated rings. The maximum Gasteiger partial charge on any atom is 0.245 e.